The first-order valence-corrected chi connectivity index (χ1v) is 5.59. The molecule has 1 heterocycles. The van der Waals surface area contributed by atoms with E-state index in [1.165, 1.54) is 18.5 Å². The van der Waals surface area contributed by atoms with Crippen LogP contribution in [0.3, 0.4) is 0 Å². The number of nitrogens with zero attached hydrogens (tertiary/aromatic N) is 2. The highest BCUT2D eigenvalue weighted by atomic mass is 16.5. The number of hydrogen-bond acceptors (Lipinski definition) is 3. The summed E-state index contributed by atoms with van der Waals surface area (Å²) in [7, 11) is 3.66. The molecule has 1 saturated carbocycles. The Morgan fingerprint density at radius 1 is 1.60 bits per heavy atom. The third-order valence-electron chi connectivity index (χ3n) is 2.84. The molecule has 1 fully saturated rings. The molecular weight excluding hydrogens is 190 g/mol. The predicted octanol–water partition coefficient (Wildman–Crippen LogP) is 1.11. The molecule has 84 valence electrons. The van der Waals surface area contributed by atoms with Gasteiger partial charge in [0.25, 0.3) is 0 Å². The van der Waals surface area contributed by atoms with E-state index in [2.05, 4.69) is 10.4 Å². The molecule has 0 saturated heterocycles. The highest BCUT2D eigenvalue weighted by Gasteiger charge is 2.19. The number of rotatable bonds is 6. The first-order valence-electron chi connectivity index (χ1n) is 5.59. The Kier molecular flexibility index (Phi) is 3.26. The van der Waals surface area contributed by atoms with E-state index < -0.39 is 0 Å². The lowest BCUT2D eigenvalue weighted by molar-refractivity contribution is 0.407. The van der Waals surface area contributed by atoms with Crippen LogP contribution >= 0.6 is 0 Å². The fraction of sp³-hybridized carbons (Fsp3) is 0.727. The van der Waals surface area contributed by atoms with Crippen LogP contribution < -0.4 is 10.1 Å². The summed E-state index contributed by atoms with van der Waals surface area (Å²) in [6.07, 6.45) is 6.67. The molecule has 4 nitrogen and oxygen atoms in total. The largest absolute Gasteiger partial charge is 0.493 e. The Bertz CT molecular complexity index is 318. The number of nitrogens with one attached hydrogen (secondary N) is 1. The number of hydrogen-bond donors (Lipinski definition) is 1. The van der Waals surface area contributed by atoms with Gasteiger partial charge in [0, 0.05) is 13.1 Å². The van der Waals surface area contributed by atoms with Crippen LogP contribution in [-0.4, -0.2) is 29.5 Å². The number of methoxy groups -OCH3 is 1. The van der Waals surface area contributed by atoms with E-state index in [0.29, 0.717) is 0 Å². The van der Waals surface area contributed by atoms with Crippen molar-refractivity contribution < 1.29 is 4.74 Å². The molecule has 0 radical (unpaired) electrons. The Balaban J connectivity index is 1.77. The van der Waals surface area contributed by atoms with Crippen molar-refractivity contribution in [1.82, 2.24) is 15.1 Å². The smallest absolute Gasteiger partial charge is 0.159 e. The second kappa shape index (κ2) is 4.66. The molecule has 1 N–H and O–H groups in total. The molecule has 0 aromatic carbocycles. The van der Waals surface area contributed by atoms with Crippen LogP contribution in [0, 0.1) is 0 Å². The van der Waals surface area contributed by atoms with Crippen molar-refractivity contribution in [2.45, 2.75) is 31.7 Å². The van der Waals surface area contributed by atoms with Crippen LogP contribution in [0.25, 0.3) is 0 Å². The molecule has 1 aromatic rings. The Hall–Kier alpha value is -1.03. The summed E-state index contributed by atoms with van der Waals surface area (Å²) in [5.74, 6) is 0.906. The van der Waals surface area contributed by atoms with Crippen molar-refractivity contribution in [3.8, 4) is 5.75 Å². The molecule has 15 heavy (non-hydrogen) atoms. The van der Waals surface area contributed by atoms with Gasteiger partial charge in [0.2, 0.25) is 0 Å². The lowest BCUT2D eigenvalue weighted by Crippen LogP contribution is -2.18. The van der Waals surface area contributed by atoms with E-state index in [9.17, 15) is 0 Å². The minimum absolute atomic E-state index is 0.804. The average molecular weight is 209 g/mol. The summed E-state index contributed by atoms with van der Waals surface area (Å²) in [6.45, 7) is 1.10. The van der Waals surface area contributed by atoms with Gasteiger partial charge in [0.05, 0.1) is 19.0 Å². The summed E-state index contributed by atoms with van der Waals surface area (Å²) in [5.41, 5.74) is 1.19. The quantitative estimate of drug-likeness (QED) is 0.713. The molecule has 1 aromatic heterocycles. The van der Waals surface area contributed by atoms with Gasteiger partial charge >= 0.3 is 0 Å². The fourth-order valence-electron chi connectivity index (χ4n) is 1.75. The molecule has 0 aliphatic heterocycles. The van der Waals surface area contributed by atoms with Crippen molar-refractivity contribution >= 4 is 0 Å². The Labute approximate surface area is 90.6 Å². The van der Waals surface area contributed by atoms with Crippen molar-refractivity contribution in [3.63, 3.8) is 0 Å². The van der Waals surface area contributed by atoms with Gasteiger partial charge in [0.15, 0.2) is 5.75 Å². The number of aryl methyl sites for hydroxylation is 1. The highest BCUT2D eigenvalue weighted by molar-refractivity contribution is 5.24. The normalized spacial score (nSPS) is 15.6. The molecule has 0 atom stereocenters. The van der Waals surface area contributed by atoms with Gasteiger partial charge in [-0.1, -0.05) is 0 Å². The number of ether oxygens (including phenoxy) is 1. The predicted molar refractivity (Wildman–Crippen MR) is 59.1 cm³/mol. The van der Waals surface area contributed by atoms with Crippen LogP contribution in [0.4, 0.5) is 0 Å². The number of aromatic nitrogens is 2. The van der Waals surface area contributed by atoms with Gasteiger partial charge in [-0.05, 0) is 32.2 Å². The zero-order valence-electron chi connectivity index (χ0n) is 9.49. The van der Waals surface area contributed by atoms with Gasteiger partial charge in [0.1, 0.15) is 0 Å². The maximum Gasteiger partial charge on any atom is 0.159 e. The van der Waals surface area contributed by atoms with Crippen LogP contribution in [-0.2, 0) is 13.5 Å². The Morgan fingerprint density at radius 3 is 3.07 bits per heavy atom. The van der Waals surface area contributed by atoms with Gasteiger partial charge in [-0.3, -0.25) is 4.68 Å². The van der Waals surface area contributed by atoms with E-state index >= 15 is 0 Å². The van der Waals surface area contributed by atoms with E-state index in [-0.39, 0.29) is 0 Å². The first-order chi connectivity index (χ1) is 7.31. The van der Waals surface area contributed by atoms with Crippen LogP contribution in [0.15, 0.2) is 6.20 Å². The standard InChI is InChI=1S/C11H19N3O/c1-14-10(11(15-2)8-13-14)4-3-7-12-9-5-6-9/h8-9,12H,3-7H2,1-2H3. The van der Waals surface area contributed by atoms with Crippen LogP contribution in [0.1, 0.15) is 25.0 Å². The van der Waals surface area contributed by atoms with Gasteiger partial charge in [-0.2, -0.15) is 5.10 Å². The van der Waals surface area contributed by atoms with Crippen molar-refractivity contribution in [3.05, 3.63) is 11.9 Å². The topological polar surface area (TPSA) is 39.1 Å². The molecule has 0 amide bonds. The van der Waals surface area contributed by atoms with Crippen LogP contribution in [0.2, 0.25) is 0 Å². The lowest BCUT2D eigenvalue weighted by Gasteiger charge is -2.05. The van der Waals surface area contributed by atoms with Crippen molar-refractivity contribution in [2.75, 3.05) is 13.7 Å². The maximum absolute atomic E-state index is 5.25. The zero-order chi connectivity index (χ0) is 10.7. The molecule has 1 aliphatic rings. The summed E-state index contributed by atoms with van der Waals surface area (Å²) in [4.78, 5) is 0. The zero-order valence-corrected chi connectivity index (χ0v) is 9.49. The van der Waals surface area contributed by atoms with E-state index in [1.807, 2.05) is 11.7 Å². The summed E-state index contributed by atoms with van der Waals surface area (Å²) < 4.78 is 7.15. The highest BCUT2D eigenvalue weighted by Crippen LogP contribution is 2.20. The molecular formula is C11H19N3O. The monoisotopic (exact) mass is 209 g/mol. The molecule has 4 heteroatoms. The van der Waals surface area contributed by atoms with Crippen molar-refractivity contribution in [1.29, 1.82) is 0 Å². The van der Waals surface area contributed by atoms with Crippen LogP contribution in [0.5, 0.6) is 5.75 Å². The summed E-state index contributed by atoms with van der Waals surface area (Å²) in [6, 6.07) is 0.804. The molecule has 0 spiro atoms. The third-order valence-corrected chi connectivity index (χ3v) is 2.84. The Morgan fingerprint density at radius 2 is 2.40 bits per heavy atom. The molecule has 0 unspecified atom stereocenters. The SMILES string of the molecule is COc1cnn(C)c1CCCNC1CC1. The van der Waals surface area contributed by atoms with Gasteiger partial charge < -0.3 is 10.1 Å². The minimum Gasteiger partial charge on any atom is -0.493 e. The average Bonchev–Trinajstić information content (AvgIpc) is 2.99. The molecule has 2 rings (SSSR count). The summed E-state index contributed by atoms with van der Waals surface area (Å²) in [5, 5.41) is 7.69. The fourth-order valence-corrected chi connectivity index (χ4v) is 1.75. The maximum atomic E-state index is 5.25. The van der Waals surface area contributed by atoms with E-state index in [1.54, 1.807) is 13.3 Å². The third kappa shape index (κ3) is 2.72. The lowest BCUT2D eigenvalue weighted by atomic mass is 10.2. The molecule has 1 aliphatic carbocycles. The second-order valence-electron chi connectivity index (χ2n) is 4.12. The molecule has 0 bridgehead atoms. The summed E-state index contributed by atoms with van der Waals surface area (Å²) >= 11 is 0. The van der Waals surface area contributed by atoms with E-state index in [4.69, 9.17) is 4.74 Å². The van der Waals surface area contributed by atoms with Crippen molar-refractivity contribution in [2.24, 2.45) is 7.05 Å². The minimum atomic E-state index is 0.804. The van der Waals surface area contributed by atoms with Gasteiger partial charge in [-0.25, -0.2) is 0 Å². The van der Waals surface area contributed by atoms with Gasteiger partial charge in [-0.15, -0.1) is 0 Å². The van der Waals surface area contributed by atoms with E-state index in [0.717, 1.165) is 31.2 Å². The second-order valence-corrected chi connectivity index (χ2v) is 4.12. The first kappa shape index (κ1) is 10.5.